The van der Waals surface area contributed by atoms with Gasteiger partial charge in [0.1, 0.15) is 0 Å². The van der Waals surface area contributed by atoms with Crippen LogP contribution >= 0.6 is 0 Å². The van der Waals surface area contributed by atoms with Crippen LogP contribution in [0.1, 0.15) is 18.6 Å². The Labute approximate surface area is 114 Å². The summed E-state index contributed by atoms with van der Waals surface area (Å²) in [4.78, 5) is 13.3. The van der Waals surface area contributed by atoms with Gasteiger partial charge in [-0.1, -0.05) is 36.4 Å². The number of esters is 1. The van der Waals surface area contributed by atoms with Crippen molar-refractivity contribution in [1.82, 2.24) is 4.90 Å². The number of nitrogens with zero attached hydrogens (tertiary/aromatic N) is 1. The lowest BCUT2D eigenvalue weighted by molar-refractivity contribution is -0.144. The van der Waals surface area contributed by atoms with Gasteiger partial charge in [-0.3, -0.25) is 9.69 Å². The van der Waals surface area contributed by atoms with Gasteiger partial charge in [-0.2, -0.15) is 0 Å². The van der Waals surface area contributed by atoms with E-state index in [-0.39, 0.29) is 12.5 Å². The number of hydrogen-bond acceptors (Lipinski definition) is 4. The lowest BCUT2D eigenvalue weighted by Crippen LogP contribution is -2.34. The van der Waals surface area contributed by atoms with Gasteiger partial charge in [0.05, 0.1) is 19.3 Å². The highest BCUT2D eigenvalue weighted by atomic mass is 16.5. The largest absolute Gasteiger partial charge is 0.465 e. The summed E-state index contributed by atoms with van der Waals surface area (Å²) in [6.45, 7) is 6.85. The van der Waals surface area contributed by atoms with Crippen LogP contribution in [0, 0.1) is 0 Å². The number of hydrogen-bond donors (Lipinski definition) is 1. The summed E-state index contributed by atoms with van der Waals surface area (Å²) in [6.07, 6.45) is 1.08. The Morgan fingerprint density at radius 3 is 2.74 bits per heavy atom. The van der Waals surface area contributed by atoms with E-state index in [1.807, 2.05) is 35.2 Å². The minimum atomic E-state index is -0.629. The molecule has 0 aromatic heterocycles. The van der Waals surface area contributed by atoms with Gasteiger partial charge in [0, 0.05) is 13.1 Å². The smallest absolute Gasteiger partial charge is 0.320 e. The van der Waals surface area contributed by atoms with E-state index in [1.165, 1.54) is 0 Å². The van der Waals surface area contributed by atoms with E-state index in [9.17, 15) is 9.90 Å². The van der Waals surface area contributed by atoms with Gasteiger partial charge >= 0.3 is 5.97 Å². The highest BCUT2D eigenvalue weighted by Crippen LogP contribution is 2.13. The van der Waals surface area contributed by atoms with Crippen LogP contribution in [0.3, 0.4) is 0 Å². The Balaban J connectivity index is 2.57. The monoisotopic (exact) mass is 263 g/mol. The fourth-order valence-electron chi connectivity index (χ4n) is 1.80. The molecule has 0 saturated carbocycles. The third kappa shape index (κ3) is 5.68. The molecule has 1 aromatic carbocycles. The second kappa shape index (κ2) is 8.45. The summed E-state index contributed by atoms with van der Waals surface area (Å²) < 4.78 is 4.91. The van der Waals surface area contributed by atoms with Crippen LogP contribution in [0.5, 0.6) is 0 Å². The number of benzene rings is 1. The third-order valence-electron chi connectivity index (χ3n) is 2.66. The van der Waals surface area contributed by atoms with Crippen LogP contribution in [0.15, 0.2) is 43.0 Å². The lowest BCUT2D eigenvalue weighted by atomic mass is 10.1. The van der Waals surface area contributed by atoms with Crippen LogP contribution in [-0.2, 0) is 9.53 Å². The molecule has 1 N–H and O–H groups in total. The van der Waals surface area contributed by atoms with Crippen molar-refractivity contribution in [2.45, 2.75) is 13.0 Å². The first-order valence-corrected chi connectivity index (χ1v) is 6.39. The van der Waals surface area contributed by atoms with Gasteiger partial charge in [0.15, 0.2) is 0 Å². The average molecular weight is 263 g/mol. The normalized spacial score (nSPS) is 12.2. The van der Waals surface area contributed by atoms with Crippen molar-refractivity contribution in [2.24, 2.45) is 0 Å². The Hall–Kier alpha value is -1.65. The molecule has 0 aliphatic heterocycles. The zero-order valence-corrected chi connectivity index (χ0v) is 11.3. The zero-order chi connectivity index (χ0) is 14.1. The lowest BCUT2D eigenvalue weighted by Gasteiger charge is -2.23. The standard InChI is InChI=1S/C15H21NO3/c1-3-10-16(12-15(18)19-4-2)11-14(17)13-8-6-5-7-9-13/h3,5-9,14,17H,1,4,10-12H2,2H3. The Morgan fingerprint density at radius 1 is 1.47 bits per heavy atom. The number of ether oxygens (including phenoxy) is 1. The molecule has 1 unspecified atom stereocenters. The van der Waals surface area contributed by atoms with Crippen molar-refractivity contribution < 1.29 is 14.6 Å². The predicted molar refractivity (Wildman–Crippen MR) is 74.7 cm³/mol. The van der Waals surface area contributed by atoms with E-state index in [1.54, 1.807) is 13.0 Å². The average Bonchev–Trinajstić information content (AvgIpc) is 2.40. The van der Waals surface area contributed by atoms with Crippen LogP contribution in [0.4, 0.5) is 0 Å². The van der Waals surface area contributed by atoms with Gasteiger partial charge in [0.2, 0.25) is 0 Å². The molecule has 4 nitrogen and oxygen atoms in total. The highest BCUT2D eigenvalue weighted by Gasteiger charge is 2.15. The second-order valence-electron chi connectivity index (χ2n) is 4.21. The fourth-order valence-corrected chi connectivity index (χ4v) is 1.80. The van der Waals surface area contributed by atoms with E-state index in [0.717, 1.165) is 5.56 Å². The predicted octanol–water partition coefficient (Wildman–Crippen LogP) is 1.77. The molecule has 0 saturated heterocycles. The zero-order valence-electron chi connectivity index (χ0n) is 11.3. The van der Waals surface area contributed by atoms with Crippen molar-refractivity contribution in [3.8, 4) is 0 Å². The molecule has 0 fully saturated rings. The molecule has 0 bridgehead atoms. The second-order valence-corrected chi connectivity index (χ2v) is 4.21. The van der Waals surface area contributed by atoms with E-state index in [2.05, 4.69) is 6.58 Å². The molecular weight excluding hydrogens is 242 g/mol. The van der Waals surface area contributed by atoms with Crippen LogP contribution in [0.25, 0.3) is 0 Å². The maximum Gasteiger partial charge on any atom is 0.320 e. The fraction of sp³-hybridized carbons (Fsp3) is 0.400. The topological polar surface area (TPSA) is 49.8 Å². The number of carbonyl (C=O) groups is 1. The molecule has 0 spiro atoms. The van der Waals surface area contributed by atoms with Crippen molar-refractivity contribution in [1.29, 1.82) is 0 Å². The summed E-state index contributed by atoms with van der Waals surface area (Å²) in [7, 11) is 0. The molecular formula is C15H21NO3. The van der Waals surface area contributed by atoms with E-state index in [4.69, 9.17) is 4.74 Å². The summed E-state index contributed by atoms with van der Waals surface area (Å²) in [5.41, 5.74) is 0.834. The summed E-state index contributed by atoms with van der Waals surface area (Å²) in [6, 6.07) is 9.38. The van der Waals surface area contributed by atoms with Gasteiger partial charge in [0.25, 0.3) is 0 Å². The molecule has 0 amide bonds. The maximum absolute atomic E-state index is 11.5. The molecule has 19 heavy (non-hydrogen) atoms. The van der Waals surface area contributed by atoms with Crippen molar-refractivity contribution in [2.75, 3.05) is 26.2 Å². The SMILES string of the molecule is C=CCN(CC(=O)OCC)CC(O)c1ccccc1. The summed E-state index contributed by atoms with van der Waals surface area (Å²) in [5, 5.41) is 10.1. The van der Waals surface area contributed by atoms with E-state index < -0.39 is 6.10 Å². The number of aliphatic hydroxyl groups excluding tert-OH is 1. The summed E-state index contributed by atoms with van der Waals surface area (Å²) in [5.74, 6) is -0.287. The number of aliphatic hydroxyl groups is 1. The number of rotatable bonds is 8. The van der Waals surface area contributed by atoms with E-state index >= 15 is 0 Å². The Kier molecular flexibility index (Phi) is 6.85. The molecule has 1 aromatic rings. The van der Waals surface area contributed by atoms with Crippen molar-refractivity contribution in [3.63, 3.8) is 0 Å². The molecule has 1 atom stereocenters. The van der Waals surface area contributed by atoms with Gasteiger partial charge in [-0.15, -0.1) is 6.58 Å². The van der Waals surface area contributed by atoms with E-state index in [0.29, 0.717) is 19.7 Å². The van der Waals surface area contributed by atoms with Crippen molar-refractivity contribution >= 4 is 5.97 Å². The summed E-state index contributed by atoms with van der Waals surface area (Å²) >= 11 is 0. The number of carbonyl (C=O) groups excluding carboxylic acids is 1. The van der Waals surface area contributed by atoms with Crippen LogP contribution in [0.2, 0.25) is 0 Å². The molecule has 0 aliphatic rings. The molecule has 0 heterocycles. The van der Waals surface area contributed by atoms with Crippen LogP contribution in [-0.4, -0.2) is 42.2 Å². The molecule has 104 valence electrons. The molecule has 0 radical (unpaired) electrons. The Bertz CT molecular complexity index is 392. The minimum Gasteiger partial charge on any atom is -0.465 e. The first-order valence-electron chi connectivity index (χ1n) is 6.39. The Morgan fingerprint density at radius 2 is 2.16 bits per heavy atom. The first-order chi connectivity index (χ1) is 9.17. The molecule has 4 heteroatoms. The highest BCUT2D eigenvalue weighted by molar-refractivity contribution is 5.71. The minimum absolute atomic E-state index is 0.157. The van der Waals surface area contributed by atoms with Crippen molar-refractivity contribution in [3.05, 3.63) is 48.6 Å². The molecule has 0 aliphatic carbocycles. The third-order valence-corrected chi connectivity index (χ3v) is 2.66. The van der Waals surface area contributed by atoms with Gasteiger partial charge in [-0.25, -0.2) is 0 Å². The quantitative estimate of drug-likeness (QED) is 0.573. The molecule has 1 rings (SSSR count). The van der Waals surface area contributed by atoms with Gasteiger partial charge < -0.3 is 9.84 Å². The van der Waals surface area contributed by atoms with Crippen LogP contribution < -0.4 is 0 Å². The first kappa shape index (κ1) is 15.4. The van der Waals surface area contributed by atoms with Gasteiger partial charge in [-0.05, 0) is 12.5 Å². The maximum atomic E-state index is 11.5.